The summed E-state index contributed by atoms with van der Waals surface area (Å²) in [5.41, 5.74) is 3.49. The first-order valence-corrected chi connectivity index (χ1v) is 11.7. The molecule has 0 atom stereocenters. The van der Waals surface area contributed by atoms with E-state index in [2.05, 4.69) is 21.4 Å². The number of thioether (sulfide) groups is 1. The molecule has 0 saturated carbocycles. The number of ether oxygens (including phenoxy) is 2. The molecule has 0 spiro atoms. The summed E-state index contributed by atoms with van der Waals surface area (Å²) in [6, 6.07) is 10.2. The fourth-order valence-corrected chi connectivity index (χ4v) is 4.72. The fraction of sp³-hybridized carbons (Fsp3) is 0.190. The van der Waals surface area contributed by atoms with Crippen molar-refractivity contribution in [3.05, 3.63) is 61.9 Å². The molecule has 10 heteroatoms. The molecular weight excluding hydrogens is 524 g/mol. The first-order valence-electron chi connectivity index (χ1n) is 9.28. The highest BCUT2D eigenvalue weighted by Gasteiger charge is 2.34. The van der Waals surface area contributed by atoms with Crippen molar-refractivity contribution in [2.45, 2.75) is 13.8 Å². The van der Waals surface area contributed by atoms with E-state index < -0.39 is 11.8 Å². The van der Waals surface area contributed by atoms with Crippen LogP contribution < -0.4 is 14.9 Å². The van der Waals surface area contributed by atoms with Gasteiger partial charge >= 0.3 is 0 Å². The van der Waals surface area contributed by atoms with Crippen molar-refractivity contribution in [2.24, 2.45) is 0 Å². The third-order valence-electron chi connectivity index (χ3n) is 4.04. The second kappa shape index (κ2) is 10.5. The SMILES string of the molecule is CCOc1cc(/C=C2\SC(=S)N(NC(=O)c3ccccc3Cl)C2=O)cc(Br)c1OCC. The molecule has 1 N–H and O–H groups in total. The van der Waals surface area contributed by atoms with E-state index in [1.165, 1.54) is 0 Å². The Labute approximate surface area is 203 Å². The van der Waals surface area contributed by atoms with Crippen molar-refractivity contribution in [1.29, 1.82) is 0 Å². The molecule has 162 valence electrons. The maximum atomic E-state index is 12.9. The van der Waals surface area contributed by atoms with Gasteiger partial charge in [0.15, 0.2) is 15.8 Å². The normalized spacial score (nSPS) is 14.8. The van der Waals surface area contributed by atoms with Gasteiger partial charge in [-0.1, -0.05) is 35.5 Å². The van der Waals surface area contributed by atoms with Gasteiger partial charge < -0.3 is 9.47 Å². The molecule has 3 rings (SSSR count). The average molecular weight is 542 g/mol. The van der Waals surface area contributed by atoms with Crippen LogP contribution in [-0.4, -0.2) is 34.4 Å². The largest absolute Gasteiger partial charge is 0.490 e. The van der Waals surface area contributed by atoms with Gasteiger partial charge in [-0.05, 0) is 77.9 Å². The Morgan fingerprint density at radius 1 is 1.26 bits per heavy atom. The molecule has 0 bridgehead atoms. The van der Waals surface area contributed by atoms with Crippen molar-refractivity contribution in [2.75, 3.05) is 13.2 Å². The number of carbonyl (C=O) groups is 2. The van der Waals surface area contributed by atoms with Crippen LogP contribution in [0.5, 0.6) is 11.5 Å². The van der Waals surface area contributed by atoms with Crippen LogP contribution in [0.25, 0.3) is 6.08 Å². The summed E-state index contributed by atoms with van der Waals surface area (Å²) >= 11 is 15.9. The van der Waals surface area contributed by atoms with Gasteiger partial charge in [0.05, 0.1) is 33.2 Å². The lowest BCUT2D eigenvalue weighted by Gasteiger charge is -2.16. The maximum absolute atomic E-state index is 12.9. The number of nitrogens with one attached hydrogen (secondary N) is 1. The standard InChI is InChI=1S/C21H18BrClN2O4S2/c1-3-28-16-10-12(9-14(22)18(16)29-4-2)11-17-20(27)25(21(30)31-17)24-19(26)13-7-5-6-8-15(13)23/h5-11H,3-4H2,1-2H3,(H,24,26)/b17-11-. The molecular formula is C21H18BrClN2O4S2. The molecule has 1 fully saturated rings. The van der Waals surface area contributed by atoms with Crippen molar-refractivity contribution >= 4 is 73.7 Å². The van der Waals surface area contributed by atoms with Crippen LogP contribution >= 0.6 is 51.5 Å². The molecule has 6 nitrogen and oxygen atoms in total. The predicted octanol–water partition coefficient (Wildman–Crippen LogP) is 5.45. The molecule has 1 aliphatic heterocycles. The number of rotatable bonds is 7. The zero-order valence-electron chi connectivity index (χ0n) is 16.6. The number of nitrogens with zero attached hydrogens (tertiary/aromatic N) is 1. The van der Waals surface area contributed by atoms with Gasteiger partial charge in [-0.2, -0.15) is 5.01 Å². The Hall–Kier alpha value is -2.07. The summed E-state index contributed by atoms with van der Waals surface area (Å²) in [6.45, 7) is 4.72. The van der Waals surface area contributed by atoms with Crippen LogP contribution in [0.15, 0.2) is 45.8 Å². The molecule has 0 aliphatic carbocycles. The van der Waals surface area contributed by atoms with E-state index in [0.717, 1.165) is 22.3 Å². The molecule has 1 heterocycles. The first-order chi connectivity index (χ1) is 14.8. The quantitative estimate of drug-likeness (QED) is 0.372. The maximum Gasteiger partial charge on any atom is 0.285 e. The van der Waals surface area contributed by atoms with Gasteiger partial charge in [-0.3, -0.25) is 15.0 Å². The average Bonchev–Trinajstić information content (AvgIpc) is 2.98. The molecule has 31 heavy (non-hydrogen) atoms. The minimum absolute atomic E-state index is 0.215. The molecule has 0 radical (unpaired) electrons. The minimum atomic E-state index is -0.523. The first kappa shape index (κ1) is 23.6. The van der Waals surface area contributed by atoms with Gasteiger partial charge in [0.1, 0.15) is 0 Å². The number of hydrogen-bond acceptors (Lipinski definition) is 6. The smallest absolute Gasteiger partial charge is 0.285 e. The van der Waals surface area contributed by atoms with Crippen LogP contribution in [0.2, 0.25) is 5.02 Å². The Morgan fingerprint density at radius 3 is 2.65 bits per heavy atom. The number of benzene rings is 2. The zero-order chi connectivity index (χ0) is 22.5. The Bertz CT molecular complexity index is 1080. The number of hydrogen-bond donors (Lipinski definition) is 1. The minimum Gasteiger partial charge on any atom is -0.490 e. The van der Waals surface area contributed by atoms with Crippen LogP contribution in [0.4, 0.5) is 0 Å². The molecule has 0 aromatic heterocycles. The van der Waals surface area contributed by atoms with Crippen molar-refractivity contribution < 1.29 is 19.1 Å². The number of carbonyl (C=O) groups excluding carboxylic acids is 2. The third kappa shape index (κ3) is 5.41. The van der Waals surface area contributed by atoms with E-state index in [-0.39, 0.29) is 14.9 Å². The lowest BCUT2D eigenvalue weighted by atomic mass is 10.2. The molecule has 1 saturated heterocycles. The molecule has 1 aliphatic rings. The highest BCUT2D eigenvalue weighted by molar-refractivity contribution is 9.10. The predicted molar refractivity (Wildman–Crippen MR) is 130 cm³/mol. The van der Waals surface area contributed by atoms with Gasteiger partial charge in [-0.25, -0.2) is 0 Å². The van der Waals surface area contributed by atoms with E-state index >= 15 is 0 Å². The highest BCUT2D eigenvalue weighted by Crippen LogP contribution is 2.39. The summed E-state index contributed by atoms with van der Waals surface area (Å²) in [7, 11) is 0. The summed E-state index contributed by atoms with van der Waals surface area (Å²) in [5, 5.41) is 1.33. The summed E-state index contributed by atoms with van der Waals surface area (Å²) in [6.07, 6.45) is 1.68. The molecule has 2 aromatic carbocycles. The van der Waals surface area contributed by atoms with Gasteiger partial charge in [-0.15, -0.1) is 0 Å². The molecule has 2 amide bonds. The molecule has 0 unspecified atom stereocenters. The van der Waals surface area contributed by atoms with Crippen LogP contribution in [0, 0.1) is 0 Å². The Balaban J connectivity index is 1.85. The fourth-order valence-electron chi connectivity index (χ4n) is 2.74. The lowest BCUT2D eigenvalue weighted by molar-refractivity contribution is -0.123. The van der Waals surface area contributed by atoms with E-state index in [1.54, 1.807) is 36.4 Å². The highest BCUT2D eigenvalue weighted by atomic mass is 79.9. The summed E-state index contributed by atoms with van der Waals surface area (Å²) < 4.78 is 12.2. The van der Waals surface area contributed by atoms with Crippen LogP contribution in [0.3, 0.4) is 0 Å². The second-order valence-corrected chi connectivity index (χ2v) is 9.07. The van der Waals surface area contributed by atoms with Gasteiger partial charge in [0, 0.05) is 0 Å². The molecule has 2 aromatic rings. The Kier molecular flexibility index (Phi) is 7.99. The Morgan fingerprint density at radius 2 is 1.97 bits per heavy atom. The zero-order valence-corrected chi connectivity index (χ0v) is 20.6. The van der Waals surface area contributed by atoms with Crippen molar-refractivity contribution in [3.63, 3.8) is 0 Å². The van der Waals surface area contributed by atoms with E-state index in [9.17, 15) is 9.59 Å². The monoisotopic (exact) mass is 540 g/mol. The number of thiocarbonyl (C=S) groups is 1. The van der Waals surface area contributed by atoms with Crippen molar-refractivity contribution in [1.82, 2.24) is 10.4 Å². The summed E-state index contributed by atoms with van der Waals surface area (Å²) in [5.74, 6) is 0.206. The lowest BCUT2D eigenvalue weighted by Crippen LogP contribution is -2.44. The van der Waals surface area contributed by atoms with E-state index in [4.69, 9.17) is 33.3 Å². The van der Waals surface area contributed by atoms with Gasteiger partial charge in [0.25, 0.3) is 11.8 Å². The van der Waals surface area contributed by atoms with Crippen LogP contribution in [-0.2, 0) is 4.79 Å². The van der Waals surface area contributed by atoms with Crippen LogP contribution in [0.1, 0.15) is 29.8 Å². The topological polar surface area (TPSA) is 67.9 Å². The van der Waals surface area contributed by atoms with Crippen molar-refractivity contribution in [3.8, 4) is 11.5 Å². The third-order valence-corrected chi connectivity index (χ3v) is 6.26. The number of hydrazine groups is 1. The van der Waals surface area contributed by atoms with Gasteiger partial charge in [0.2, 0.25) is 0 Å². The number of halogens is 2. The second-order valence-electron chi connectivity index (χ2n) is 6.13. The summed E-state index contributed by atoms with van der Waals surface area (Å²) in [4.78, 5) is 25.8. The van der Waals surface area contributed by atoms with E-state index in [0.29, 0.717) is 34.1 Å². The van der Waals surface area contributed by atoms with E-state index in [1.807, 2.05) is 19.9 Å². The number of amides is 2.